The first-order chi connectivity index (χ1) is 12.1. The fraction of sp³-hybridized carbons (Fsp3) is 0.294. The molecule has 0 aliphatic carbocycles. The Morgan fingerprint density at radius 1 is 1.24 bits per heavy atom. The van der Waals surface area contributed by atoms with Crippen molar-refractivity contribution in [2.75, 3.05) is 18.0 Å². The number of anilines is 1. The lowest BCUT2D eigenvalue weighted by atomic mass is 10.2. The second-order valence-corrected chi connectivity index (χ2v) is 5.83. The number of hydrogen-bond donors (Lipinski definition) is 2. The quantitative estimate of drug-likeness (QED) is 0.486. The SMILES string of the molecule is Cc1nn(-c2ccccc2)c(N2CCCC2)c1/C=N/NC(=O)C(N)=O. The van der Waals surface area contributed by atoms with Gasteiger partial charge in [0.2, 0.25) is 0 Å². The van der Waals surface area contributed by atoms with Crippen LogP contribution in [-0.2, 0) is 9.59 Å². The number of nitrogens with zero attached hydrogens (tertiary/aromatic N) is 4. The largest absolute Gasteiger partial charge is 0.361 e. The molecule has 8 nitrogen and oxygen atoms in total. The number of aromatic nitrogens is 2. The number of amides is 2. The Kier molecular flexibility index (Phi) is 4.78. The van der Waals surface area contributed by atoms with Crippen LogP contribution in [0.3, 0.4) is 0 Å². The van der Waals surface area contributed by atoms with Gasteiger partial charge in [0.25, 0.3) is 0 Å². The minimum Gasteiger partial charge on any atom is -0.361 e. The summed E-state index contributed by atoms with van der Waals surface area (Å²) in [5.41, 5.74) is 9.56. The molecule has 0 saturated carbocycles. The van der Waals surface area contributed by atoms with Crippen molar-refractivity contribution < 1.29 is 9.59 Å². The fourth-order valence-corrected chi connectivity index (χ4v) is 2.87. The van der Waals surface area contributed by atoms with Gasteiger partial charge in [0.05, 0.1) is 23.2 Å². The van der Waals surface area contributed by atoms with Gasteiger partial charge in [-0.2, -0.15) is 10.2 Å². The number of carbonyl (C=O) groups is 2. The van der Waals surface area contributed by atoms with Gasteiger partial charge in [-0.15, -0.1) is 0 Å². The topological polar surface area (TPSA) is 106 Å². The molecule has 2 amide bonds. The molecule has 0 radical (unpaired) electrons. The van der Waals surface area contributed by atoms with Crippen LogP contribution < -0.4 is 16.1 Å². The molecule has 1 aliphatic heterocycles. The zero-order valence-electron chi connectivity index (χ0n) is 14.0. The van der Waals surface area contributed by atoms with E-state index in [2.05, 4.69) is 20.5 Å². The van der Waals surface area contributed by atoms with E-state index in [1.807, 2.05) is 41.9 Å². The second kappa shape index (κ2) is 7.16. The van der Waals surface area contributed by atoms with Crippen LogP contribution in [0.15, 0.2) is 35.4 Å². The van der Waals surface area contributed by atoms with Crippen LogP contribution in [0.25, 0.3) is 5.69 Å². The highest BCUT2D eigenvalue weighted by atomic mass is 16.2. The molecule has 1 fully saturated rings. The maximum atomic E-state index is 11.3. The smallest absolute Gasteiger partial charge is 0.329 e. The number of para-hydroxylation sites is 1. The molecule has 1 aromatic carbocycles. The number of nitrogens with one attached hydrogen (secondary N) is 1. The van der Waals surface area contributed by atoms with Gasteiger partial charge in [-0.25, -0.2) is 10.1 Å². The molecule has 2 aromatic rings. The number of primary amides is 1. The third kappa shape index (κ3) is 3.52. The zero-order chi connectivity index (χ0) is 17.8. The molecule has 0 spiro atoms. The average Bonchev–Trinajstić information content (AvgIpc) is 3.23. The van der Waals surface area contributed by atoms with Gasteiger partial charge in [-0.1, -0.05) is 18.2 Å². The molecule has 1 aromatic heterocycles. The highest BCUT2D eigenvalue weighted by molar-refractivity contribution is 6.34. The van der Waals surface area contributed by atoms with Crippen LogP contribution in [0, 0.1) is 6.92 Å². The summed E-state index contributed by atoms with van der Waals surface area (Å²) in [5.74, 6) is -1.10. The van der Waals surface area contributed by atoms with E-state index in [9.17, 15) is 9.59 Å². The van der Waals surface area contributed by atoms with Crippen molar-refractivity contribution in [2.24, 2.45) is 10.8 Å². The fourth-order valence-electron chi connectivity index (χ4n) is 2.87. The summed E-state index contributed by atoms with van der Waals surface area (Å²) in [6, 6.07) is 9.85. The van der Waals surface area contributed by atoms with Crippen LogP contribution >= 0.6 is 0 Å². The van der Waals surface area contributed by atoms with Crippen LogP contribution in [-0.4, -0.2) is 40.9 Å². The number of benzene rings is 1. The number of hydrazone groups is 1. The van der Waals surface area contributed by atoms with Gasteiger partial charge in [0, 0.05) is 13.1 Å². The van der Waals surface area contributed by atoms with E-state index in [0.29, 0.717) is 0 Å². The monoisotopic (exact) mass is 340 g/mol. The van der Waals surface area contributed by atoms with Gasteiger partial charge in [0.15, 0.2) is 0 Å². The summed E-state index contributed by atoms with van der Waals surface area (Å²) in [5, 5.41) is 8.50. The van der Waals surface area contributed by atoms with Crippen molar-refractivity contribution in [3.63, 3.8) is 0 Å². The number of aryl methyl sites for hydroxylation is 1. The molecule has 0 atom stereocenters. The zero-order valence-corrected chi connectivity index (χ0v) is 14.0. The highest BCUT2D eigenvalue weighted by Gasteiger charge is 2.23. The third-order valence-corrected chi connectivity index (χ3v) is 4.07. The number of carbonyl (C=O) groups excluding carboxylic acids is 2. The van der Waals surface area contributed by atoms with Crippen molar-refractivity contribution in [3.05, 3.63) is 41.6 Å². The standard InChI is InChI=1S/C17H20N6O2/c1-12-14(11-19-20-16(25)15(18)24)17(22-9-5-6-10-22)23(21-12)13-7-3-2-4-8-13/h2-4,7-8,11H,5-6,9-10H2,1H3,(H2,18,24)(H,20,25)/b19-11+. The number of nitrogens with two attached hydrogens (primary N) is 1. The van der Waals surface area contributed by atoms with E-state index in [4.69, 9.17) is 5.73 Å². The average molecular weight is 340 g/mol. The first kappa shape index (κ1) is 16.7. The Hall–Kier alpha value is -3.16. The van der Waals surface area contributed by atoms with E-state index in [1.165, 1.54) is 6.21 Å². The normalized spacial score (nSPS) is 14.2. The van der Waals surface area contributed by atoms with Crippen molar-refractivity contribution in [1.29, 1.82) is 0 Å². The predicted molar refractivity (Wildman–Crippen MR) is 94.7 cm³/mol. The minimum absolute atomic E-state index is 0.780. The third-order valence-electron chi connectivity index (χ3n) is 4.07. The number of rotatable bonds is 4. The van der Waals surface area contributed by atoms with Crippen LogP contribution in [0.1, 0.15) is 24.1 Å². The van der Waals surface area contributed by atoms with Crippen molar-refractivity contribution in [1.82, 2.24) is 15.2 Å². The van der Waals surface area contributed by atoms with Crippen molar-refractivity contribution >= 4 is 23.8 Å². The Bertz CT molecular complexity index is 806. The van der Waals surface area contributed by atoms with Gasteiger partial charge >= 0.3 is 11.8 Å². The second-order valence-electron chi connectivity index (χ2n) is 5.83. The summed E-state index contributed by atoms with van der Waals surface area (Å²) in [6.07, 6.45) is 3.75. The molecule has 0 unspecified atom stereocenters. The summed E-state index contributed by atoms with van der Waals surface area (Å²) < 4.78 is 1.89. The molecule has 1 aliphatic rings. The summed E-state index contributed by atoms with van der Waals surface area (Å²) in [4.78, 5) is 24.3. The number of hydrogen-bond acceptors (Lipinski definition) is 5. The molecule has 3 N–H and O–H groups in total. The molecule has 25 heavy (non-hydrogen) atoms. The van der Waals surface area contributed by atoms with Crippen LogP contribution in [0.5, 0.6) is 0 Å². The maximum Gasteiger partial charge on any atom is 0.329 e. The molecular weight excluding hydrogens is 320 g/mol. The van der Waals surface area contributed by atoms with E-state index in [1.54, 1.807) is 0 Å². The van der Waals surface area contributed by atoms with Crippen LogP contribution in [0.2, 0.25) is 0 Å². The van der Waals surface area contributed by atoms with E-state index >= 15 is 0 Å². The first-order valence-corrected chi connectivity index (χ1v) is 8.10. The Balaban J connectivity index is 1.99. The lowest BCUT2D eigenvalue weighted by Gasteiger charge is -2.20. The molecule has 130 valence electrons. The molecule has 2 heterocycles. The maximum absolute atomic E-state index is 11.3. The molecule has 1 saturated heterocycles. The van der Waals surface area contributed by atoms with E-state index < -0.39 is 11.8 Å². The minimum atomic E-state index is -1.08. The van der Waals surface area contributed by atoms with Gasteiger partial charge in [-0.05, 0) is 31.9 Å². The lowest BCUT2D eigenvalue weighted by Crippen LogP contribution is -2.33. The van der Waals surface area contributed by atoms with Gasteiger partial charge in [0.1, 0.15) is 5.82 Å². The van der Waals surface area contributed by atoms with Gasteiger partial charge < -0.3 is 10.6 Å². The molecule has 8 heteroatoms. The Morgan fingerprint density at radius 2 is 1.92 bits per heavy atom. The Morgan fingerprint density at radius 3 is 2.56 bits per heavy atom. The van der Waals surface area contributed by atoms with Gasteiger partial charge in [-0.3, -0.25) is 9.59 Å². The van der Waals surface area contributed by atoms with Crippen molar-refractivity contribution in [3.8, 4) is 5.69 Å². The summed E-state index contributed by atoms with van der Waals surface area (Å²) >= 11 is 0. The Labute approximate surface area is 145 Å². The molecule has 0 bridgehead atoms. The highest BCUT2D eigenvalue weighted by Crippen LogP contribution is 2.28. The van der Waals surface area contributed by atoms with E-state index in [-0.39, 0.29) is 0 Å². The predicted octanol–water partition coefficient (Wildman–Crippen LogP) is 0.716. The lowest BCUT2D eigenvalue weighted by molar-refractivity contribution is -0.137. The van der Waals surface area contributed by atoms with Crippen LogP contribution in [0.4, 0.5) is 5.82 Å². The molecular formula is C17H20N6O2. The summed E-state index contributed by atoms with van der Waals surface area (Å²) in [7, 11) is 0. The van der Waals surface area contributed by atoms with Crippen molar-refractivity contribution in [2.45, 2.75) is 19.8 Å². The summed E-state index contributed by atoms with van der Waals surface area (Å²) in [6.45, 7) is 3.76. The first-order valence-electron chi connectivity index (χ1n) is 8.10. The van der Waals surface area contributed by atoms with E-state index in [0.717, 1.165) is 48.7 Å². The molecule has 3 rings (SSSR count).